The van der Waals surface area contributed by atoms with Gasteiger partial charge in [0, 0.05) is 11.3 Å². The number of aliphatic carboxylic acids is 2. The van der Waals surface area contributed by atoms with Crippen molar-refractivity contribution in [3.63, 3.8) is 0 Å². The normalized spacial score (nSPS) is 11.1. The third-order valence-electron chi connectivity index (χ3n) is 2.32. The van der Waals surface area contributed by atoms with Crippen molar-refractivity contribution in [1.29, 1.82) is 0 Å². The summed E-state index contributed by atoms with van der Waals surface area (Å²) in [6.07, 6.45) is 0. The fourth-order valence-corrected chi connectivity index (χ4v) is 1.20. The molecule has 0 heterocycles. The largest absolute Gasteiger partial charge is 0.478 e. The third-order valence-corrected chi connectivity index (χ3v) is 2.32. The van der Waals surface area contributed by atoms with Gasteiger partial charge in [-0.15, -0.1) is 0 Å². The van der Waals surface area contributed by atoms with E-state index in [-0.39, 0.29) is 11.3 Å². The number of nitrogen functional groups attached to an aromatic ring is 1. The molecule has 16 heavy (non-hydrogen) atoms. The van der Waals surface area contributed by atoms with E-state index in [0.29, 0.717) is 5.56 Å². The fourth-order valence-electron chi connectivity index (χ4n) is 1.20. The van der Waals surface area contributed by atoms with Crippen molar-refractivity contribution >= 4 is 17.6 Å². The first-order valence-electron chi connectivity index (χ1n) is 4.36. The highest BCUT2D eigenvalue weighted by Gasteiger charge is 2.46. The van der Waals surface area contributed by atoms with Crippen molar-refractivity contribution in [1.82, 2.24) is 0 Å². The van der Waals surface area contributed by atoms with Gasteiger partial charge in [-0.05, 0) is 18.6 Å². The molecular weight excluding hydrogens is 214 g/mol. The highest BCUT2D eigenvalue weighted by molar-refractivity contribution is 6.02. The summed E-state index contributed by atoms with van der Waals surface area (Å²) in [7, 11) is 0. The summed E-state index contributed by atoms with van der Waals surface area (Å²) in [5.74, 6) is -3.72. The van der Waals surface area contributed by atoms with Crippen LogP contribution in [0.1, 0.15) is 11.1 Å². The zero-order chi connectivity index (χ0) is 12.5. The Morgan fingerprint density at radius 1 is 1.25 bits per heavy atom. The number of aliphatic hydroxyl groups is 1. The Morgan fingerprint density at radius 2 is 1.75 bits per heavy atom. The van der Waals surface area contributed by atoms with Crippen LogP contribution in [0.4, 0.5) is 5.69 Å². The van der Waals surface area contributed by atoms with E-state index in [9.17, 15) is 14.7 Å². The number of benzene rings is 1. The minimum Gasteiger partial charge on any atom is -0.478 e. The van der Waals surface area contributed by atoms with Crippen molar-refractivity contribution in [2.24, 2.45) is 0 Å². The molecule has 6 nitrogen and oxygen atoms in total. The molecule has 1 aromatic carbocycles. The second-order valence-electron chi connectivity index (χ2n) is 3.39. The highest BCUT2D eigenvalue weighted by Crippen LogP contribution is 2.25. The van der Waals surface area contributed by atoms with Crippen molar-refractivity contribution < 1.29 is 24.9 Å². The molecule has 86 valence electrons. The zero-order valence-corrected chi connectivity index (χ0v) is 8.47. The number of nitrogens with two attached hydrogens (primary N) is 1. The topological polar surface area (TPSA) is 121 Å². The molecule has 0 aliphatic rings. The maximum absolute atomic E-state index is 10.8. The van der Waals surface area contributed by atoms with E-state index in [1.165, 1.54) is 12.1 Å². The molecule has 5 N–H and O–H groups in total. The summed E-state index contributed by atoms with van der Waals surface area (Å²) in [6, 6.07) is 3.80. The molecule has 0 atom stereocenters. The van der Waals surface area contributed by atoms with Gasteiger partial charge in [0.1, 0.15) is 0 Å². The predicted octanol–water partition coefficient (Wildman–Crippen LogP) is -0.0660. The summed E-state index contributed by atoms with van der Waals surface area (Å²) >= 11 is 0. The van der Waals surface area contributed by atoms with Crippen LogP contribution in [0.25, 0.3) is 0 Å². The van der Waals surface area contributed by atoms with Gasteiger partial charge in [-0.25, -0.2) is 9.59 Å². The Morgan fingerprint density at radius 3 is 2.12 bits per heavy atom. The third kappa shape index (κ3) is 1.70. The molecule has 0 radical (unpaired) electrons. The molecule has 0 saturated carbocycles. The van der Waals surface area contributed by atoms with Crippen LogP contribution in [0.3, 0.4) is 0 Å². The lowest BCUT2D eigenvalue weighted by molar-refractivity contribution is -0.177. The van der Waals surface area contributed by atoms with Crippen molar-refractivity contribution in [3.8, 4) is 0 Å². The summed E-state index contributed by atoms with van der Waals surface area (Å²) < 4.78 is 0. The Kier molecular flexibility index (Phi) is 2.86. The molecule has 0 amide bonds. The van der Waals surface area contributed by atoms with Crippen LogP contribution in [0.2, 0.25) is 0 Å². The van der Waals surface area contributed by atoms with E-state index in [1.807, 2.05) is 0 Å². The zero-order valence-electron chi connectivity index (χ0n) is 8.47. The highest BCUT2D eigenvalue weighted by atomic mass is 16.4. The molecule has 6 heteroatoms. The van der Waals surface area contributed by atoms with Crippen LogP contribution < -0.4 is 5.73 Å². The number of carboxylic acid groups (broad SMARTS) is 2. The van der Waals surface area contributed by atoms with Crippen LogP contribution in [0, 0.1) is 6.92 Å². The van der Waals surface area contributed by atoms with E-state index < -0.39 is 17.5 Å². The predicted molar refractivity (Wildman–Crippen MR) is 54.8 cm³/mol. The van der Waals surface area contributed by atoms with E-state index in [1.54, 1.807) is 6.92 Å². The maximum atomic E-state index is 10.8. The van der Waals surface area contributed by atoms with E-state index in [2.05, 4.69) is 0 Å². The number of anilines is 1. The van der Waals surface area contributed by atoms with Crippen LogP contribution in [0.5, 0.6) is 0 Å². The Balaban J connectivity index is 3.39. The van der Waals surface area contributed by atoms with Crippen LogP contribution in [-0.2, 0) is 15.2 Å². The lowest BCUT2D eigenvalue weighted by atomic mass is 9.92. The molecule has 0 unspecified atom stereocenters. The monoisotopic (exact) mass is 225 g/mol. The number of hydrogen-bond donors (Lipinski definition) is 4. The minimum absolute atomic E-state index is 0.221. The molecule has 0 aliphatic carbocycles. The molecule has 0 aromatic heterocycles. The number of rotatable bonds is 3. The molecular formula is C10H11NO5. The van der Waals surface area contributed by atoms with Gasteiger partial charge in [0.15, 0.2) is 0 Å². The first-order valence-corrected chi connectivity index (χ1v) is 4.36. The SMILES string of the molecule is Cc1ccc(C(O)(C(=O)O)C(=O)O)cc1N. The maximum Gasteiger partial charge on any atom is 0.352 e. The standard InChI is InChI=1S/C10H11NO5/c1-5-2-3-6(4-7(5)11)10(16,8(12)13)9(14)15/h2-4,16H,11H2,1H3,(H,12,13)(H,14,15). The molecule has 0 bridgehead atoms. The van der Waals surface area contributed by atoms with Gasteiger partial charge in [0.05, 0.1) is 0 Å². The van der Waals surface area contributed by atoms with E-state index in [4.69, 9.17) is 15.9 Å². The van der Waals surface area contributed by atoms with Crippen LogP contribution >= 0.6 is 0 Å². The Bertz CT molecular complexity index is 441. The smallest absolute Gasteiger partial charge is 0.352 e. The molecule has 0 saturated heterocycles. The summed E-state index contributed by atoms with van der Waals surface area (Å²) in [6.45, 7) is 1.68. The summed E-state index contributed by atoms with van der Waals surface area (Å²) in [5, 5.41) is 27.1. The molecule has 1 rings (SSSR count). The fraction of sp³-hybridized carbons (Fsp3) is 0.200. The first-order chi connectivity index (χ1) is 7.30. The quantitative estimate of drug-likeness (QED) is 0.422. The molecule has 0 spiro atoms. The molecule has 0 fully saturated rings. The second kappa shape index (κ2) is 3.82. The average molecular weight is 225 g/mol. The number of aryl methyl sites for hydroxylation is 1. The number of carbonyl (C=O) groups is 2. The second-order valence-corrected chi connectivity index (χ2v) is 3.39. The van der Waals surface area contributed by atoms with Gasteiger partial charge in [0.2, 0.25) is 0 Å². The van der Waals surface area contributed by atoms with Crippen molar-refractivity contribution in [2.45, 2.75) is 12.5 Å². The van der Waals surface area contributed by atoms with Gasteiger partial charge in [-0.3, -0.25) is 0 Å². The first kappa shape index (κ1) is 12.0. The van der Waals surface area contributed by atoms with E-state index in [0.717, 1.165) is 6.07 Å². The van der Waals surface area contributed by atoms with Crippen molar-refractivity contribution in [3.05, 3.63) is 29.3 Å². The minimum atomic E-state index is -2.97. The Labute approximate surface area is 90.9 Å². The van der Waals surface area contributed by atoms with Gasteiger partial charge >= 0.3 is 11.9 Å². The van der Waals surface area contributed by atoms with Gasteiger partial charge < -0.3 is 21.1 Å². The lowest BCUT2D eigenvalue weighted by Crippen LogP contribution is -2.43. The molecule has 1 aromatic rings. The van der Waals surface area contributed by atoms with E-state index >= 15 is 0 Å². The van der Waals surface area contributed by atoms with Gasteiger partial charge in [-0.1, -0.05) is 12.1 Å². The lowest BCUT2D eigenvalue weighted by Gasteiger charge is -2.19. The summed E-state index contributed by atoms with van der Waals surface area (Å²) in [4.78, 5) is 21.6. The van der Waals surface area contributed by atoms with Crippen LogP contribution in [-0.4, -0.2) is 27.3 Å². The van der Waals surface area contributed by atoms with Crippen LogP contribution in [0.15, 0.2) is 18.2 Å². The van der Waals surface area contributed by atoms with Crippen molar-refractivity contribution in [2.75, 3.05) is 5.73 Å². The molecule has 0 aliphatic heterocycles. The van der Waals surface area contributed by atoms with Gasteiger partial charge in [0.25, 0.3) is 5.60 Å². The Hall–Kier alpha value is -2.08. The number of carboxylic acids is 2. The summed E-state index contributed by atoms with van der Waals surface area (Å²) in [5.41, 5.74) is 3.16. The average Bonchev–Trinajstić information content (AvgIpc) is 2.20. The number of hydrogen-bond acceptors (Lipinski definition) is 4. The van der Waals surface area contributed by atoms with Gasteiger partial charge in [-0.2, -0.15) is 0 Å².